The Kier molecular flexibility index (Phi) is 4.90. The molecule has 4 rings (SSSR count). The first kappa shape index (κ1) is 16.8. The van der Waals surface area contributed by atoms with Crippen molar-refractivity contribution in [3.8, 4) is 0 Å². The number of thioether (sulfide) groups is 2. The van der Waals surface area contributed by atoms with E-state index >= 15 is 0 Å². The molecular formula is C19H20N2O2S2. The van der Waals surface area contributed by atoms with E-state index in [0.717, 1.165) is 34.5 Å². The lowest BCUT2D eigenvalue weighted by atomic mass is 10.0. The maximum absolute atomic E-state index is 12.9. The average molecular weight is 373 g/mol. The molecule has 0 bridgehead atoms. The molecule has 2 amide bonds. The van der Waals surface area contributed by atoms with Gasteiger partial charge in [0, 0.05) is 18.1 Å². The largest absolute Gasteiger partial charge is 0.331 e. The van der Waals surface area contributed by atoms with Gasteiger partial charge >= 0.3 is 0 Å². The zero-order valence-electron chi connectivity index (χ0n) is 13.9. The number of carbonyl (C=O) groups excluding carboxylic acids is 2. The van der Waals surface area contributed by atoms with Crippen LogP contribution in [0.3, 0.4) is 0 Å². The fourth-order valence-electron chi connectivity index (χ4n) is 3.40. The number of nitrogens with zero attached hydrogens (tertiary/aromatic N) is 2. The van der Waals surface area contributed by atoms with Crippen LogP contribution in [0.2, 0.25) is 0 Å². The number of rotatable bonds is 3. The highest BCUT2D eigenvalue weighted by atomic mass is 32.2. The summed E-state index contributed by atoms with van der Waals surface area (Å²) >= 11 is 3.45. The molecular weight excluding hydrogens is 352 g/mol. The third-order valence-corrected chi connectivity index (χ3v) is 6.75. The van der Waals surface area contributed by atoms with Gasteiger partial charge in [0.25, 0.3) is 0 Å². The van der Waals surface area contributed by atoms with E-state index in [1.807, 2.05) is 29.2 Å². The summed E-state index contributed by atoms with van der Waals surface area (Å²) in [5, 5.41) is 2.26. The Morgan fingerprint density at radius 1 is 1.04 bits per heavy atom. The van der Waals surface area contributed by atoms with Gasteiger partial charge in [-0.05, 0) is 16.3 Å². The maximum Gasteiger partial charge on any atom is 0.246 e. The first-order valence-electron chi connectivity index (χ1n) is 8.44. The highest BCUT2D eigenvalue weighted by Crippen LogP contribution is 2.27. The maximum atomic E-state index is 12.9. The first-order chi connectivity index (χ1) is 12.2. The highest BCUT2D eigenvalue weighted by molar-refractivity contribution is 7.99. The van der Waals surface area contributed by atoms with Crippen molar-refractivity contribution in [3.05, 3.63) is 48.0 Å². The van der Waals surface area contributed by atoms with E-state index in [0.29, 0.717) is 18.1 Å². The van der Waals surface area contributed by atoms with Gasteiger partial charge in [0.1, 0.15) is 6.04 Å². The Hall–Kier alpha value is -1.66. The number of benzene rings is 2. The molecule has 0 radical (unpaired) electrons. The van der Waals surface area contributed by atoms with Crippen LogP contribution >= 0.6 is 23.5 Å². The summed E-state index contributed by atoms with van der Waals surface area (Å²) in [5.74, 6) is 3.23. The van der Waals surface area contributed by atoms with E-state index in [9.17, 15) is 9.59 Å². The molecule has 0 unspecified atom stereocenters. The van der Waals surface area contributed by atoms with E-state index in [1.165, 1.54) is 0 Å². The second kappa shape index (κ2) is 7.30. The molecule has 130 valence electrons. The van der Waals surface area contributed by atoms with E-state index in [1.54, 1.807) is 28.4 Å². The van der Waals surface area contributed by atoms with Gasteiger partial charge < -0.3 is 9.80 Å². The second-order valence-electron chi connectivity index (χ2n) is 6.33. The fraction of sp³-hybridized carbons (Fsp3) is 0.368. The van der Waals surface area contributed by atoms with E-state index in [4.69, 9.17) is 0 Å². The predicted octanol–water partition coefficient (Wildman–Crippen LogP) is 2.82. The Labute approximate surface area is 155 Å². The van der Waals surface area contributed by atoms with Crippen LogP contribution in [-0.4, -0.2) is 57.5 Å². The summed E-state index contributed by atoms with van der Waals surface area (Å²) in [7, 11) is 0. The van der Waals surface area contributed by atoms with Crippen LogP contribution in [0.4, 0.5) is 0 Å². The molecule has 2 heterocycles. The molecule has 25 heavy (non-hydrogen) atoms. The molecule has 0 aliphatic carbocycles. The van der Waals surface area contributed by atoms with Gasteiger partial charge in [0.15, 0.2) is 0 Å². The van der Waals surface area contributed by atoms with E-state index in [2.05, 4.69) is 18.2 Å². The summed E-state index contributed by atoms with van der Waals surface area (Å²) in [6.07, 6.45) is 0.348. The summed E-state index contributed by atoms with van der Waals surface area (Å²) in [4.78, 5) is 29.3. The van der Waals surface area contributed by atoms with Crippen molar-refractivity contribution in [1.82, 2.24) is 9.80 Å². The Balaban J connectivity index is 1.52. The molecule has 2 aliphatic heterocycles. The highest BCUT2D eigenvalue weighted by Gasteiger charge is 2.37. The SMILES string of the molecule is O=C([C@H]1CSCN1C(=O)Cc1cccc2ccccc12)N1CCSC1. The molecule has 1 atom stereocenters. The third-order valence-electron chi connectivity index (χ3n) is 4.77. The van der Waals surface area contributed by atoms with Gasteiger partial charge in [-0.3, -0.25) is 9.59 Å². The quantitative estimate of drug-likeness (QED) is 0.831. The summed E-state index contributed by atoms with van der Waals surface area (Å²) in [5.41, 5.74) is 1.03. The molecule has 2 aromatic rings. The van der Waals surface area contributed by atoms with Crippen molar-refractivity contribution in [2.75, 3.05) is 29.8 Å². The van der Waals surface area contributed by atoms with Crippen LogP contribution < -0.4 is 0 Å². The van der Waals surface area contributed by atoms with Gasteiger partial charge in [-0.25, -0.2) is 0 Å². The molecule has 2 fully saturated rings. The second-order valence-corrected chi connectivity index (χ2v) is 8.41. The Bertz CT molecular complexity index is 800. The predicted molar refractivity (Wildman–Crippen MR) is 105 cm³/mol. The van der Waals surface area contributed by atoms with Crippen molar-refractivity contribution in [2.45, 2.75) is 12.5 Å². The van der Waals surface area contributed by atoms with Gasteiger partial charge in [-0.1, -0.05) is 42.5 Å². The summed E-state index contributed by atoms with van der Waals surface area (Å²) < 4.78 is 0. The lowest BCUT2D eigenvalue weighted by Gasteiger charge is -2.27. The van der Waals surface area contributed by atoms with Crippen LogP contribution in [0, 0.1) is 0 Å². The molecule has 0 saturated carbocycles. The minimum atomic E-state index is -0.300. The van der Waals surface area contributed by atoms with E-state index < -0.39 is 0 Å². The van der Waals surface area contributed by atoms with Crippen molar-refractivity contribution in [1.29, 1.82) is 0 Å². The number of fused-ring (bicyclic) bond motifs is 1. The zero-order valence-corrected chi connectivity index (χ0v) is 15.5. The van der Waals surface area contributed by atoms with E-state index in [-0.39, 0.29) is 17.9 Å². The molecule has 2 aromatic carbocycles. The lowest BCUT2D eigenvalue weighted by Crippen LogP contribution is -2.48. The number of hydrogen-bond acceptors (Lipinski definition) is 4. The molecule has 0 aromatic heterocycles. The molecule has 0 N–H and O–H groups in total. The fourth-order valence-corrected chi connectivity index (χ4v) is 5.53. The Morgan fingerprint density at radius 2 is 1.88 bits per heavy atom. The van der Waals surface area contributed by atoms with Gasteiger partial charge in [0.05, 0.1) is 18.2 Å². The smallest absolute Gasteiger partial charge is 0.246 e. The van der Waals surface area contributed by atoms with Crippen LogP contribution in [-0.2, 0) is 16.0 Å². The van der Waals surface area contributed by atoms with Crippen molar-refractivity contribution in [2.24, 2.45) is 0 Å². The van der Waals surface area contributed by atoms with Crippen molar-refractivity contribution >= 4 is 46.1 Å². The van der Waals surface area contributed by atoms with Gasteiger partial charge in [0.2, 0.25) is 11.8 Å². The zero-order chi connectivity index (χ0) is 17.2. The van der Waals surface area contributed by atoms with Crippen LogP contribution in [0.1, 0.15) is 5.56 Å². The Morgan fingerprint density at radius 3 is 2.72 bits per heavy atom. The molecule has 2 saturated heterocycles. The minimum absolute atomic E-state index is 0.0477. The van der Waals surface area contributed by atoms with Crippen LogP contribution in [0.15, 0.2) is 42.5 Å². The third kappa shape index (κ3) is 3.37. The van der Waals surface area contributed by atoms with Crippen molar-refractivity contribution in [3.63, 3.8) is 0 Å². The summed E-state index contributed by atoms with van der Waals surface area (Å²) in [6, 6.07) is 13.9. The monoisotopic (exact) mass is 372 g/mol. The number of amides is 2. The van der Waals surface area contributed by atoms with Crippen molar-refractivity contribution < 1.29 is 9.59 Å². The normalized spacial score (nSPS) is 20.4. The van der Waals surface area contributed by atoms with Gasteiger partial charge in [-0.15, -0.1) is 23.5 Å². The van der Waals surface area contributed by atoms with Gasteiger partial charge in [-0.2, -0.15) is 0 Å². The topological polar surface area (TPSA) is 40.6 Å². The first-order valence-corrected chi connectivity index (χ1v) is 10.8. The molecule has 2 aliphatic rings. The molecule has 4 nitrogen and oxygen atoms in total. The minimum Gasteiger partial charge on any atom is -0.331 e. The van der Waals surface area contributed by atoms with Crippen LogP contribution in [0.5, 0.6) is 0 Å². The lowest BCUT2D eigenvalue weighted by molar-refractivity contribution is -0.142. The molecule has 6 heteroatoms. The van der Waals surface area contributed by atoms with Crippen LogP contribution in [0.25, 0.3) is 10.8 Å². The molecule has 0 spiro atoms. The standard InChI is InChI=1S/C19H20N2O2S2/c22-18(10-15-6-3-5-14-4-1-2-7-16(14)15)21-13-25-11-17(21)19(23)20-8-9-24-12-20/h1-7,17H,8-13H2/t17-/m1/s1. The number of hydrogen-bond donors (Lipinski definition) is 0. The summed E-state index contributed by atoms with van der Waals surface area (Å²) in [6.45, 7) is 0.802. The average Bonchev–Trinajstić information content (AvgIpc) is 3.33. The number of carbonyl (C=O) groups is 2.